The number of thioether (sulfide) groups is 1. The van der Waals surface area contributed by atoms with Crippen molar-refractivity contribution in [2.75, 3.05) is 6.26 Å². The third-order valence-electron chi connectivity index (χ3n) is 1.09. The van der Waals surface area contributed by atoms with Crippen molar-refractivity contribution in [3.63, 3.8) is 0 Å². The second-order valence-corrected chi connectivity index (χ2v) is 3.71. The van der Waals surface area contributed by atoms with Crippen molar-refractivity contribution in [2.24, 2.45) is 15.9 Å². The van der Waals surface area contributed by atoms with Crippen LogP contribution in [-0.4, -0.2) is 17.6 Å². The number of nitrogens with two attached hydrogens (primary N) is 1. The Morgan fingerprint density at radius 2 is 2.58 bits per heavy atom. The summed E-state index contributed by atoms with van der Waals surface area (Å²) in [5, 5.41) is 10.0. The number of thiophene rings is 1. The van der Waals surface area contributed by atoms with Crippen LogP contribution < -0.4 is 5.73 Å². The molecule has 0 spiro atoms. The molecule has 0 aliphatic rings. The fraction of sp³-hybridized carbons (Fsp3) is 0.143. The lowest BCUT2D eigenvalue weighted by molar-refractivity contribution is 1.25. The van der Waals surface area contributed by atoms with E-state index in [4.69, 9.17) is 5.73 Å². The Balaban J connectivity index is 2.52. The molecule has 0 saturated heterocycles. The van der Waals surface area contributed by atoms with Gasteiger partial charge in [0.25, 0.3) is 0 Å². The quantitative estimate of drug-likeness (QED) is 0.448. The maximum atomic E-state index is 5.42. The van der Waals surface area contributed by atoms with E-state index in [1.165, 1.54) is 11.8 Å². The summed E-state index contributed by atoms with van der Waals surface area (Å²) in [6.45, 7) is 0. The molecule has 0 bridgehead atoms. The average molecular weight is 199 g/mol. The van der Waals surface area contributed by atoms with Crippen molar-refractivity contribution >= 4 is 34.5 Å². The van der Waals surface area contributed by atoms with E-state index >= 15 is 0 Å². The Morgan fingerprint density at radius 3 is 3.17 bits per heavy atom. The lowest BCUT2D eigenvalue weighted by atomic mass is 10.5. The second kappa shape index (κ2) is 4.95. The van der Waals surface area contributed by atoms with Crippen molar-refractivity contribution in [3.05, 3.63) is 22.4 Å². The molecule has 0 aromatic carbocycles. The predicted molar refractivity (Wildman–Crippen MR) is 57.1 cm³/mol. The number of rotatable bonds is 2. The van der Waals surface area contributed by atoms with Crippen LogP contribution in [0, 0.1) is 0 Å². The minimum Gasteiger partial charge on any atom is -0.377 e. The Morgan fingerprint density at radius 1 is 1.75 bits per heavy atom. The first-order valence-corrected chi connectivity index (χ1v) is 5.37. The summed E-state index contributed by atoms with van der Waals surface area (Å²) in [4.78, 5) is 1.08. The van der Waals surface area contributed by atoms with Crippen LogP contribution in [0.15, 0.2) is 27.7 Å². The van der Waals surface area contributed by atoms with Gasteiger partial charge in [-0.25, -0.2) is 0 Å². The summed E-state index contributed by atoms with van der Waals surface area (Å²) in [6, 6.07) is 3.94. The molecule has 1 heterocycles. The molecule has 0 aliphatic heterocycles. The van der Waals surface area contributed by atoms with Crippen LogP contribution in [-0.2, 0) is 0 Å². The third-order valence-corrected chi connectivity index (χ3v) is 2.40. The SMILES string of the molecule is CS/C(N)=N/N=C/c1cccs1. The van der Waals surface area contributed by atoms with Gasteiger partial charge in [-0.1, -0.05) is 17.8 Å². The lowest BCUT2D eigenvalue weighted by Gasteiger charge is -1.86. The molecule has 0 radical (unpaired) electrons. The van der Waals surface area contributed by atoms with E-state index in [-0.39, 0.29) is 0 Å². The minimum absolute atomic E-state index is 0.475. The van der Waals surface area contributed by atoms with Gasteiger partial charge < -0.3 is 5.73 Å². The Labute approximate surface area is 79.4 Å². The maximum absolute atomic E-state index is 5.42. The summed E-state index contributed by atoms with van der Waals surface area (Å²) < 4.78 is 0. The largest absolute Gasteiger partial charge is 0.377 e. The van der Waals surface area contributed by atoms with Crippen molar-refractivity contribution < 1.29 is 0 Å². The molecule has 0 atom stereocenters. The zero-order chi connectivity index (χ0) is 8.81. The zero-order valence-corrected chi connectivity index (χ0v) is 8.23. The minimum atomic E-state index is 0.475. The fourth-order valence-electron chi connectivity index (χ4n) is 0.548. The normalized spacial score (nSPS) is 12.6. The van der Waals surface area contributed by atoms with E-state index < -0.39 is 0 Å². The molecule has 0 amide bonds. The van der Waals surface area contributed by atoms with Crippen LogP contribution in [0.25, 0.3) is 0 Å². The standard InChI is InChI=1S/C7H9N3S2/c1-11-7(8)10-9-5-6-3-2-4-12-6/h2-5H,1H3,(H2,8,10)/b9-5+. The fourth-order valence-corrected chi connectivity index (χ4v) is 1.26. The Bertz CT molecular complexity index is 277. The van der Waals surface area contributed by atoms with Crippen molar-refractivity contribution in [1.82, 2.24) is 0 Å². The van der Waals surface area contributed by atoms with Gasteiger partial charge in [-0.2, -0.15) is 5.10 Å². The number of hydrogen-bond acceptors (Lipinski definition) is 4. The molecule has 3 nitrogen and oxygen atoms in total. The first-order chi connectivity index (χ1) is 5.83. The molecule has 2 N–H and O–H groups in total. The van der Waals surface area contributed by atoms with E-state index in [0.29, 0.717) is 5.17 Å². The van der Waals surface area contributed by atoms with Gasteiger partial charge in [0.2, 0.25) is 0 Å². The van der Waals surface area contributed by atoms with E-state index in [1.54, 1.807) is 17.6 Å². The van der Waals surface area contributed by atoms with Crippen molar-refractivity contribution in [3.8, 4) is 0 Å². The highest BCUT2D eigenvalue weighted by Gasteiger charge is 1.86. The molecule has 0 unspecified atom stereocenters. The molecule has 1 aromatic rings. The van der Waals surface area contributed by atoms with Crippen molar-refractivity contribution in [2.45, 2.75) is 0 Å². The molecule has 5 heteroatoms. The van der Waals surface area contributed by atoms with Crippen LogP contribution in [0.3, 0.4) is 0 Å². The summed E-state index contributed by atoms with van der Waals surface area (Å²) in [6.07, 6.45) is 3.55. The molecule has 1 aromatic heterocycles. The molecular formula is C7H9N3S2. The number of nitrogens with zero attached hydrogens (tertiary/aromatic N) is 2. The monoisotopic (exact) mass is 199 g/mol. The second-order valence-electron chi connectivity index (χ2n) is 1.90. The highest BCUT2D eigenvalue weighted by molar-refractivity contribution is 8.13. The van der Waals surface area contributed by atoms with Gasteiger partial charge in [-0.15, -0.1) is 16.4 Å². The van der Waals surface area contributed by atoms with Gasteiger partial charge in [0, 0.05) is 4.88 Å². The Kier molecular flexibility index (Phi) is 3.83. The highest BCUT2D eigenvalue weighted by Crippen LogP contribution is 2.04. The van der Waals surface area contributed by atoms with Crippen LogP contribution in [0.2, 0.25) is 0 Å². The predicted octanol–water partition coefficient (Wildman–Crippen LogP) is 1.76. The third kappa shape index (κ3) is 3.06. The smallest absolute Gasteiger partial charge is 0.180 e. The van der Waals surface area contributed by atoms with Gasteiger partial charge in [-0.05, 0) is 17.7 Å². The van der Waals surface area contributed by atoms with Crippen LogP contribution in [0.1, 0.15) is 4.88 Å². The molecule has 64 valence electrons. The number of amidine groups is 1. The molecule has 12 heavy (non-hydrogen) atoms. The van der Waals surface area contributed by atoms with Gasteiger partial charge >= 0.3 is 0 Å². The van der Waals surface area contributed by atoms with Gasteiger partial charge in [0.1, 0.15) is 0 Å². The summed E-state index contributed by atoms with van der Waals surface area (Å²) in [5.74, 6) is 0. The first kappa shape index (κ1) is 9.28. The van der Waals surface area contributed by atoms with Gasteiger partial charge in [-0.3, -0.25) is 0 Å². The van der Waals surface area contributed by atoms with Crippen molar-refractivity contribution in [1.29, 1.82) is 0 Å². The maximum Gasteiger partial charge on any atom is 0.180 e. The summed E-state index contributed by atoms with van der Waals surface area (Å²) in [7, 11) is 0. The lowest BCUT2D eigenvalue weighted by Crippen LogP contribution is -2.03. The molecule has 0 aliphatic carbocycles. The molecule has 0 saturated carbocycles. The molecule has 0 fully saturated rings. The molecular weight excluding hydrogens is 190 g/mol. The summed E-state index contributed by atoms with van der Waals surface area (Å²) >= 11 is 3.00. The van der Waals surface area contributed by atoms with Crippen LogP contribution in [0.4, 0.5) is 0 Å². The number of hydrogen-bond donors (Lipinski definition) is 1. The first-order valence-electron chi connectivity index (χ1n) is 3.27. The average Bonchev–Trinajstić information content (AvgIpc) is 2.57. The van der Waals surface area contributed by atoms with E-state index in [2.05, 4.69) is 10.2 Å². The van der Waals surface area contributed by atoms with Gasteiger partial charge in [0.15, 0.2) is 5.17 Å². The molecule has 1 rings (SSSR count). The topological polar surface area (TPSA) is 50.7 Å². The van der Waals surface area contributed by atoms with E-state index in [0.717, 1.165) is 4.88 Å². The van der Waals surface area contributed by atoms with Gasteiger partial charge in [0.05, 0.1) is 6.21 Å². The Hall–Kier alpha value is -0.810. The highest BCUT2D eigenvalue weighted by atomic mass is 32.2. The van der Waals surface area contributed by atoms with E-state index in [9.17, 15) is 0 Å². The van der Waals surface area contributed by atoms with Crippen LogP contribution in [0.5, 0.6) is 0 Å². The van der Waals surface area contributed by atoms with E-state index in [1.807, 2.05) is 23.8 Å². The zero-order valence-electron chi connectivity index (χ0n) is 6.60. The van der Waals surface area contributed by atoms with Crippen LogP contribution >= 0.6 is 23.1 Å². The summed E-state index contributed by atoms with van der Waals surface area (Å²) in [5.41, 5.74) is 5.42.